The van der Waals surface area contributed by atoms with Gasteiger partial charge in [-0.05, 0) is 44.9 Å². The predicted octanol–water partition coefficient (Wildman–Crippen LogP) is 3.55. The van der Waals surface area contributed by atoms with Gasteiger partial charge in [-0.25, -0.2) is 4.68 Å². The monoisotopic (exact) mass is 271 g/mol. The Morgan fingerprint density at radius 1 is 1.20 bits per heavy atom. The molecule has 1 aromatic heterocycles. The first-order valence-electron chi connectivity index (χ1n) is 7.51. The Morgan fingerprint density at radius 2 is 2.00 bits per heavy atom. The molecule has 0 atom stereocenters. The number of nitrogens with one attached hydrogen (secondary N) is 1. The molecule has 0 radical (unpaired) electrons. The number of aromatic nitrogens is 2. The number of hydrogen-bond donors (Lipinski definition) is 1. The molecule has 0 aliphatic heterocycles. The lowest BCUT2D eigenvalue weighted by atomic mass is 10.1. The molecule has 0 spiro atoms. The van der Waals surface area contributed by atoms with Crippen LogP contribution in [0, 0.1) is 13.8 Å². The van der Waals surface area contributed by atoms with Crippen LogP contribution in [0.4, 0.5) is 0 Å². The van der Waals surface area contributed by atoms with Gasteiger partial charge in [-0.2, -0.15) is 5.10 Å². The molecule has 108 valence electrons. The molecule has 0 amide bonds. The zero-order valence-electron chi connectivity index (χ0n) is 13.0. The van der Waals surface area contributed by atoms with E-state index in [1.807, 2.05) is 6.20 Å². The molecule has 2 aromatic rings. The first-order chi connectivity index (χ1) is 9.67. The van der Waals surface area contributed by atoms with Crippen molar-refractivity contribution >= 4 is 0 Å². The van der Waals surface area contributed by atoms with Crippen LogP contribution in [-0.2, 0) is 13.0 Å². The van der Waals surface area contributed by atoms with E-state index in [4.69, 9.17) is 0 Å². The summed E-state index contributed by atoms with van der Waals surface area (Å²) in [4.78, 5) is 0. The molecule has 0 fully saturated rings. The highest BCUT2D eigenvalue weighted by molar-refractivity contribution is 5.44. The first-order valence-corrected chi connectivity index (χ1v) is 7.51. The molecular formula is C17H25N3. The maximum Gasteiger partial charge on any atom is 0.0678 e. The van der Waals surface area contributed by atoms with Crippen molar-refractivity contribution in [3.63, 3.8) is 0 Å². The molecule has 1 heterocycles. The number of hydrogen-bond acceptors (Lipinski definition) is 2. The van der Waals surface area contributed by atoms with Gasteiger partial charge in [0.15, 0.2) is 0 Å². The minimum absolute atomic E-state index is 0.905. The van der Waals surface area contributed by atoms with E-state index in [2.05, 4.69) is 61.0 Å². The molecule has 3 nitrogen and oxygen atoms in total. The van der Waals surface area contributed by atoms with Crippen molar-refractivity contribution in [2.45, 2.75) is 47.1 Å². The third-order valence-electron chi connectivity index (χ3n) is 3.61. The van der Waals surface area contributed by atoms with Crippen molar-refractivity contribution in [2.24, 2.45) is 0 Å². The fraction of sp³-hybridized carbons (Fsp3) is 0.471. The van der Waals surface area contributed by atoms with Crippen molar-refractivity contribution in [1.82, 2.24) is 15.1 Å². The van der Waals surface area contributed by atoms with Gasteiger partial charge in [0.2, 0.25) is 0 Å². The molecule has 0 aliphatic rings. The van der Waals surface area contributed by atoms with E-state index in [0.717, 1.165) is 25.9 Å². The fourth-order valence-corrected chi connectivity index (χ4v) is 2.58. The number of benzene rings is 1. The Morgan fingerprint density at radius 3 is 2.65 bits per heavy atom. The second-order valence-electron chi connectivity index (χ2n) is 5.35. The van der Waals surface area contributed by atoms with E-state index in [-0.39, 0.29) is 0 Å². The summed E-state index contributed by atoms with van der Waals surface area (Å²) in [5.41, 5.74) is 6.37. The van der Waals surface area contributed by atoms with E-state index < -0.39 is 0 Å². The van der Waals surface area contributed by atoms with Gasteiger partial charge in [0.1, 0.15) is 0 Å². The van der Waals surface area contributed by atoms with Crippen LogP contribution in [0.2, 0.25) is 0 Å². The topological polar surface area (TPSA) is 29.9 Å². The highest BCUT2D eigenvalue weighted by Crippen LogP contribution is 2.20. The largest absolute Gasteiger partial charge is 0.313 e. The normalized spacial score (nSPS) is 11.0. The summed E-state index contributed by atoms with van der Waals surface area (Å²) in [6, 6.07) is 6.53. The lowest BCUT2D eigenvalue weighted by Gasteiger charge is -2.11. The van der Waals surface area contributed by atoms with Gasteiger partial charge in [0.05, 0.1) is 11.9 Å². The Balaban J connectivity index is 2.32. The molecule has 1 aromatic carbocycles. The molecule has 3 heteroatoms. The summed E-state index contributed by atoms with van der Waals surface area (Å²) >= 11 is 0. The third kappa shape index (κ3) is 3.10. The highest BCUT2D eigenvalue weighted by atomic mass is 15.3. The Hall–Kier alpha value is -1.61. The minimum Gasteiger partial charge on any atom is -0.313 e. The lowest BCUT2D eigenvalue weighted by Crippen LogP contribution is -2.15. The van der Waals surface area contributed by atoms with Gasteiger partial charge in [-0.1, -0.05) is 31.5 Å². The van der Waals surface area contributed by atoms with Crippen LogP contribution >= 0.6 is 0 Å². The number of nitrogens with zero attached hydrogens (tertiary/aromatic N) is 2. The van der Waals surface area contributed by atoms with Crippen LogP contribution in [0.3, 0.4) is 0 Å². The summed E-state index contributed by atoms with van der Waals surface area (Å²) < 4.78 is 2.09. The van der Waals surface area contributed by atoms with Crippen LogP contribution < -0.4 is 5.32 Å². The van der Waals surface area contributed by atoms with Crippen LogP contribution in [0.5, 0.6) is 0 Å². The van der Waals surface area contributed by atoms with Crippen LogP contribution in [0.25, 0.3) is 5.69 Å². The summed E-state index contributed by atoms with van der Waals surface area (Å²) in [6.07, 6.45) is 4.16. The molecule has 0 saturated heterocycles. The SMILES string of the molecule is CCCNCc1cnn(-c2ccc(C)cc2C)c1CC. The van der Waals surface area contributed by atoms with E-state index in [1.54, 1.807) is 0 Å². The second kappa shape index (κ2) is 6.71. The van der Waals surface area contributed by atoms with Gasteiger partial charge in [0, 0.05) is 17.8 Å². The standard InChI is InChI=1S/C17H25N3/c1-5-9-18-11-15-12-19-20(16(15)6-2)17-8-7-13(3)10-14(17)4/h7-8,10,12,18H,5-6,9,11H2,1-4H3. The van der Waals surface area contributed by atoms with Crippen LogP contribution in [0.1, 0.15) is 42.7 Å². The van der Waals surface area contributed by atoms with Crippen LogP contribution in [-0.4, -0.2) is 16.3 Å². The number of rotatable bonds is 6. The van der Waals surface area contributed by atoms with Crippen molar-refractivity contribution in [3.05, 3.63) is 46.8 Å². The Labute approximate surface area is 122 Å². The van der Waals surface area contributed by atoms with Crippen molar-refractivity contribution < 1.29 is 0 Å². The Kier molecular flexibility index (Phi) is 4.96. The quantitative estimate of drug-likeness (QED) is 0.814. The van der Waals surface area contributed by atoms with Crippen molar-refractivity contribution in [3.8, 4) is 5.69 Å². The summed E-state index contributed by atoms with van der Waals surface area (Å²) in [5, 5.41) is 8.06. The van der Waals surface area contributed by atoms with E-state index >= 15 is 0 Å². The second-order valence-corrected chi connectivity index (χ2v) is 5.35. The molecule has 20 heavy (non-hydrogen) atoms. The predicted molar refractivity (Wildman–Crippen MR) is 84.4 cm³/mol. The molecule has 2 rings (SSSR count). The fourth-order valence-electron chi connectivity index (χ4n) is 2.58. The van der Waals surface area contributed by atoms with Crippen LogP contribution in [0.15, 0.2) is 24.4 Å². The molecular weight excluding hydrogens is 246 g/mol. The van der Waals surface area contributed by atoms with Gasteiger partial charge < -0.3 is 5.32 Å². The highest BCUT2D eigenvalue weighted by Gasteiger charge is 2.11. The van der Waals surface area contributed by atoms with Crippen molar-refractivity contribution in [2.75, 3.05) is 6.54 Å². The lowest BCUT2D eigenvalue weighted by molar-refractivity contribution is 0.669. The third-order valence-corrected chi connectivity index (χ3v) is 3.61. The van der Waals surface area contributed by atoms with Crippen molar-refractivity contribution in [1.29, 1.82) is 0 Å². The maximum absolute atomic E-state index is 4.60. The molecule has 0 saturated carbocycles. The zero-order chi connectivity index (χ0) is 14.5. The first kappa shape index (κ1) is 14.8. The molecule has 0 bridgehead atoms. The van der Waals surface area contributed by atoms with Gasteiger partial charge in [0.25, 0.3) is 0 Å². The summed E-state index contributed by atoms with van der Waals surface area (Å²) in [5.74, 6) is 0. The zero-order valence-corrected chi connectivity index (χ0v) is 13.0. The maximum atomic E-state index is 4.60. The van der Waals surface area contributed by atoms with Gasteiger partial charge in [-0.15, -0.1) is 0 Å². The van der Waals surface area contributed by atoms with Gasteiger partial charge in [-0.3, -0.25) is 0 Å². The van der Waals surface area contributed by atoms with E-state index in [0.29, 0.717) is 0 Å². The average Bonchev–Trinajstić information content (AvgIpc) is 2.82. The van der Waals surface area contributed by atoms with E-state index in [9.17, 15) is 0 Å². The smallest absolute Gasteiger partial charge is 0.0678 e. The minimum atomic E-state index is 0.905. The molecule has 0 aliphatic carbocycles. The summed E-state index contributed by atoms with van der Waals surface area (Å²) in [7, 11) is 0. The molecule has 1 N–H and O–H groups in total. The average molecular weight is 271 g/mol. The molecule has 0 unspecified atom stereocenters. The Bertz CT molecular complexity index is 570. The van der Waals surface area contributed by atoms with E-state index in [1.165, 1.54) is 28.1 Å². The van der Waals surface area contributed by atoms with Gasteiger partial charge >= 0.3 is 0 Å². The summed E-state index contributed by atoms with van der Waals surface area (Å²) in [6.45, 7) is 10.6. The number of aryl methyl sites for hydroxylation is 2.